The maximum absolute atomic E-state index is 11.7. The van der Waals surface area contributed by atoms with Crippen LogP contribution in [0.2, 0.25) is 0 Å². The molecule has 1 unspecified atom stereocenters. The van der Waals surface area contributed by atoms with Crippen LogP contribution in [0, 0.1) is 5.92 Å². The van der Waals surface area contributed by atoms with Crippen molar-refractivity contribution in [2.75, 3.05) is 0 Å². The quantitative estimate of drug-likeness (QED) is 0.639. The Bertz CT molecular complexity index is 156. The van der Waals surface area contributed by atoms with Crippen LogP contribution in [0.4, 0.5) is 13.2 Å². The monoisotopic (exact) mass is 171 g/mol. The van der Waals surface area contributed by atoms with Crippen molar-refractivity contribution in [1.82, 2.24) is 0 Å². The first kappa shape index (κ1) is 10.2. The second-order valence-corrected chi connectivity index (χ2v) is 2.19. The van der Waals surface area contributed by atoms with Crippen LogP contribution in [-0.2, 0) is 4.79 Å². The standard InChI is InChI=1S/C5H8F3NO2/c1-2(4(10)11)3(9)5(6,7)8/h2-3H,9H2,1H3,(H,10,11)/t2?,3-/m0/s1. The summed E-state index contributed by atoms with van der Waals surface area (Å²) in [5.41, 5.74) is 4.59. The molecule has 2 atom stereocenters. The second kappa shape index (κ2) is 3.08. The fourth-order valence-electron chi connectivity index (χ4n) is 0.437. The minimum atomic E-state index is -4.64. The number of halogens is 3. The molecule has 0 aliphatic carbocycles. The fraction of sp³-hybridized carbons (Fsp3) is 0.800. The molecule has 0 rings (SSSR count). The number of carboxylic acid groups (broad SMARTS) is 1. The van der Waals surface area contributed by atoms with Gasteiger partial charge in [0.15, 0.2) is 0 Å². The highest BCUT2D eigenvalue weighted by Crippen LogP contribution is 2.23. The Morgan fingerprint density at radius 1 is 1.55 bits per heavy atom. The fourth-order valence-corrected chi connectivity index (χ4v) is 0.437. The maximum atomic E-state index is 11.7. The largest absolute Gasteiger partial charge is 0.481 e. The van der Waals surface area contributed by atoms with Gasteiger partial charge in [0.2, 0.25) is 0 Å². The van der Waals surface area contributed by atoms with E-state index in [1.807, 2.05) is 0 Å². The van der Waals surface area contributed by atoms with E-state index in [1.54, 1.807) is 0 Å². The van der Waals surface area contributed by atoms with Crippen LogP contribution in [0.3, 0.4) is 0 Å². The van der Waals surface area contributed by atoms with Crippen molar-refractivity contribution < 1.29 is 23.1 Å². The number of aliphatic carboxylic acids is 1. The average molecular weight is 171 g/mol. The Kier molecular flexibility index (Phi) is 2.86. The first-order chi connectivity index (χ1) is 4.76. The SMILES string of the molecule is CC(C(=O)O)[C@H](N)C(F)(F)F. The van der Waals surface area contributed by atoms with E-state index in [4.69, 9.17) is 5.11 Å². The predicted octanol–water partition coefficient (Wildman–Crippen LogP) is 0.597. The van der Waals surface area contributed by atoms with E-state index in [-0.39, 0.29) is 0 Å². The van der Waals surface area contributed by atoms with E-state index >= 15 is 0 Å². The van der Waals surface area contributed by atoms with E-state index < -0.39 is 24.1 Å². The topological polar surface area (TPSA) is 63.3 Å². The van der Waals surface area contributed by atoms with Gasteiger partial charge in [-0.3, -0.25) is 4.79 Å². The minimum Gasteiger partial charge on any atom is -0.481 e. The lowest BCUT2D eigenvalue weighted by molar-refractivity contribution is -0.171. The third-order valence-electron chi connectivity index (χ3n) is 1.31. The molecule has 0 saturated carbocycles. The zero-order valence-corrected chi connectivity index (χ0v) is 5.72. The highest BCUT2D eigenvalue weighted by molar-refractivity contribution is 5.70. The number of hydrogen-bond acceptors (Lipinski definition) is 2. The molecule has 0 aromatic heterocycles. The van der Waals surface area contributed by atoms with Gasteiger partial charge in [-0.15, -0.1) is 0 Å². The van der Waals surface area contributed by atoms with E-state index in [9.17, 15) is 18.0 Å². The first-order valence-corrected chi connectivity index (χ1v) is 2.82. The summed E-state index contributed by atoms with van der Waals surface area (Å²) in [5, 5.41) is 8.14. The van der Waals surface area contributed by atoms with Crippen molar-refractivity contribution in [2.45, 2.75) is 19.1 Å². The Morgan fingerprint density at radius 2 is 1.91 bits per heavy atom. The molecule has 0 bridgehead atoms. The van der Waals surface area contributed by atoms with Gasteiger partial charge in [-0.05, 0) is 0 Å². The van der Waals surface area contributed by atoms with Crippen molar-refractivity contribution in [3.8, 4) is 0 Å². The van der Waals surface area contributed by atoms with Crippen LogP contribution in [0.25, 0.3) is 0 Å². The molecule has 0 fully saturated rings. The molecule has 0 amide bonds. The molecule has 0 aliphatic heterocycles. The third-order valence-corrected chi connectivity index (χ3v) is 1.31. The molecule has 0 aromatic rings. The summed E-state index contributed by atoms with van der Waals surface area (Å²) in [6.07, 6.45) is -4.64. The van der Waals surface area contributed by atoms with E-state index in [2.05, 4.69) is 5.73 Å². The molecule has 11 heavy (non-hydrogen) atoms. The van der Waals surface area contributed by atoms with E-state index in [0.29, 0.717) is 0 Å². The Morgan fingerprint density at radius 3 is 2.00 bits per heavy atom. The lowest BCUT2D eigenvalue weighted by Crippen LogP contribution is -2.45. The Labute approximate surface area is 61.0 Å². The smallest absolute Gasteiger partial charge is 0.404 e. The van der Waals surface area contributed by atoms with Crippen molar-refractivity contribution in [3.63, 3.8) is 0 Å². The van der Waals surface area contributed by atoms with Gasteiger partial charge < -0.3 is 10.8 Å². The zero-order chi connectivity index (χ0) is 9.23. The molecule has 66 valence electrons. The second-order valence-electron chi connectivity index (χ2n) is 2.19. The van der Waals surface area contributed by atoms with Gasteiger partial charge in [0.1, 0.15) is 6.04 Å². The molecule has 6 heteroatoms. The van der Waals surface area contributed by atoms with Gasteiger partial charge in [0.25, 0.3) is 0 Å². The summed E-state index contributed by atoms with van der Waals surface area (Å²) in [4.78, 5) is 10.0. The molecular formula is C5H8F3NO2. The summed E-state index contributed by atoms with van der Waals surface area (Å²) in [5.74, 6) is -3.15. The summed E-state index contributed by atoms with van der Waals surface area (Å²) in [7, 11) is 0. The molecule has 3 nitrogen and oxygen atoms in total. The number of carbonyl (C=O) groups is 1. The van der Waals surface area contributed by atoms with E-state index in [0.717, 1.165) is 6.92 Å². The normalized spacial score (nSPS) is 17.5. The lowest BCUT2D eigenvalue weighted by atomic mass is 10.0. The number of rotatable bonds is 2. The van der Waals surface area contributed by atoms with Crippen LogP contribution < -0.4 is 5.73 Å². The molecular weight excluding hydrogens is 163 g/mol. The summed E-state index contributed by atoms with van der Waals surface area (Å²) in [6, 6.07) is -2.29. The molecule has 0 spiro atoms. The number of carboxylic acids is 1. The molecule has 0 aromatic carbocycles. The van der Waals surface area contributed by atoms with Crippen LogP contribution >= 0.6 is 0 Å². The van der Waals surface area contributed by atoms with Gasteiger partial charge in [0, 0.05) is 0 Å². The highest BCUT2D eigenvalue weighted by Gasteiger charge is 2.42. The molecule has 3 N–H and O–H groups in total. The Balaban J connectivity index is 4.25. The predicted molar refractivity (Wildman–Crippen MR) is 30.8 cm³/mol. The number of hydrogen-bond donors (Lipinski definition) is 2. The lowest BCUT2D eigenvalue weighted by Gasteiger charge is -2.18. The summed E-state index contributed by atoms with van der Waals surface area (Å²) >= 11 is 0. The van der Waals surface area contributed by atoms with Gasteiger partial charge in [0.05, 0.1) is 5.92 Å². The highest BCUT2D eigenvalue weighted by atomic mass is 19.4. The average Bonchev–Trinajstić information content (AvgIpc) is 1.82. The van der Waals surface area contributed by atoms with Crippen LogP contribution in [0.15, 0.2) is 0 Å². The van der Waals surface area contributed by atoms with Gasteiger partial charge >= 0.3 is 12.1 Å². The van der Waals surface area contributed by atoms with Crippen LogP contribution in [0.5, 0.6) is 0 Å². The first-order valence-electron chi connectivity index (χ1n) is 2.82. The van der Waals surface area contributed by atoms with Crippen molar-refractivity contribution in [3.05, 3.63) is 0 Å². The molecule has 0 aliphatic rings. The van der Waals surface area contributed by atoms with E-state index in [1.165, 1.54) is 0 Å². The third kappa shape index (κ3) is 2.75. The molecule has 0 heterocycles. The van der Waals surface area contributed by atoms with Crippen molar-refractivity contribution in [2.24, 2.45) is 11.7 Å². The summed E-state index contributed by atoms with van der Waals surface area (Å²) in [6.45, 7) is 0.917. The van der Waals surface area contributed by atoms with Gasteiger partial charge in [-0.1, -0.05) is 6.92 Å². The maximum Gasteiger partial charge on any atom is 0.404 e. The van der Waals surface area contributed by atoms with Gasteiger partial charge in [-0.2, -0.15) is 13.2 Å². The minimum absolute atomic E-state index is 0.917. The van der Waals surface area contributed by atoms with Crippen LogP contribution in [-0.4, -0.2) is 23.3 Å². The Hall–Kier alpha value is -0.780. The van der Waals surface area contributed by atoms with Crippen molar-refractivity contribution >= 4 is 5.97 Å². The molecule has 0 saturated heterocycles. The van der Waals surface area contributed by atoms with Gasteiger partial charge in [-0.25, -0.2) is 0 Å². The van der Waals surface area contributed by atoms with Crippen LogP contribution in [0.1, 0.15) is 6.92 Å². The number of alkyl halides is 3. The van der Waals surface area contributed by atoms with Crippen molar-refractivity contribution in [1.29, 1.82) is 0 Å². The zero-order valence-electron chi connectivity index (χ0n) is 5.72. The summed E-state index contributed by atoms with van der Waals surface area (Å²) < 4.78 is 35.0. The number of nitrogens with two attached hydrogens (primary N) is 1. The molecule has 0 radical (unpaired) electrons.